The first-order chi connectivity index (χ1) is 13.2. The summed E-state index contributed by atoms with van der Waals surface area (Å²) in [4.78, 5) is 13.3. The standard InChI is InChI=1S/C23H18O4/c1-14-6-5-9-16(10-14)21-17-11-19-20(26-13-25-19)12-18(17)27-23(21)22(24)15-7-3-2-4-8-15/h2-12,21,23H,13H2,1H3/t21-,23-/m1/s1. The second kappa shape index (κ2) is 6.16. The summed E-state index contributed by atoms with van der Waals surface area (Å²) in [6, 6.07) is 21.3. The van der Waals surface area contributed by atoms with Crippen molar-refractivity contribution in [3.8, 4) is 17.2 Å². The number of hydrogen-bond donors (Lipinski definition) is 0. The zero-order valence-electron chi connectivity index (χ0n) is 14.8. The van der Waals surface area contributed by atoms with Gasteiger partial charge in [-0.15, -0.1) is 0 Å². The van der Waals surface area contributed by atoms with Gasteiger partial charge in [0, 0.05) is 17.2 Å². The molecule has 0 spiro atoms. The molecular weight excluding hydrogens is 340 g/mol. The lowest BCUT2D eigenvalue weighted by atomic mass is 9.84. The largest absolute Gasteiger partial charge is 0.481 e. The van der Waals surface area contributed by atoms with Crippen molar-refractivity contribution in [1.29, 1.82) is 0 Å². The van der Waals surface area contributed by atoms with E-state index in [1.54, 1.807) is 0 Å². The predicted octanol–water partition coefficient (Wildman–Crippen LogP) is 4.50. The normalized spacial score (nSPS) is 19.4. The van der Waals surface area contributed by atoms with Crippen molar-refractivity contribution in [1.82, 2.24) is 0 Å². The molecular formula is C23H18O4. The second-order valence-electron chi connectivity index (χ2n) is 6.90. The third kappa shape index (κ3) is 2.65. The first-order valence-corrected chi connectivity index (χ1v) is 8.97. The molecule has 2 aliphatic rings. The molecule has 2 atom stereocenters. The van der Waals surface area contributed by atoms with Gasteiger partial charge in [-0.2, -0.15) is 0 Å². The minimum atomic E-state index is -0.619. The van der Waals surface area contributed by atoms with Gasteiger partial charge in [-0.1, -0.05) is 60.2 Å². The van der Waals surface area contributed by atoms with Crippen LogP contribution in [-0.4, -0.2) is 18.7 Å². The van der Waals surface area contributed by atoms with Crippen LogP contribution in [-0.2, 0) is 0 Å². The molecule has 0 saturated heterocycles. The van der Waals surface area contributed by atoms with Gasteiger partial charge in [0.25, 0.3) is 0 Å². The Hall–Kier alpha value is -3.27. The molecule has 0 bridgehead atoms. The Bertz CT molecular complexity index is 1030. The van der Waals surface area contributed by atoms with Gasteiger partial charge in [0.05, 0.1) is 5.92 Å². The number of hydrogen-bond acceptors (Lipinski definition) is 4. The van der Waals surface area contributed by atoms with Crippen LogP contribution in [0, 0.1) is 6.92 Å². The molecule has 0 aromatic heterocycles. The zero-order chi connectivity index (χ0) is 18.4. The molecule has 0 amide bonds. The third-order valence-electron chi connectivity index (χ3n) is 5.11. The third-order valence-corrected chi connectivity index (χ3v) is 5.11. The fraction of sp³-hybridized carbons (Fsp3) is 0.174. The smallest absolute Gasteiger partial charge is 0.231 e. The number of rotatable bonds is 3. The fourth-order valence-electron chi connectivity index (χ4n) is 3.84. The molecule has 2 heterocycles. The lowest BCUT2D eigenvalue weighted by molar-refractivity contribution is 0.0806. The Morgan fingerprint density at radius 3 is 2.44 bits per heavy atom. The van der Waals surface area contributed by atoms with Gasteiger partial charge in [0.15, 0.2) is 17.6 Å². The molecule has 3 aromatic rings. The maximum atomic E-state index is 13.3. The van der Waals surface area contributed by atoms with E-state index in [1.165, 1.54) is 0 Å². The maximum Gasteiger partial charge on any atom is 0.231 e. The average Bonchev–Trinajstić information content (AvgIpc) is 3.29. The monoisotopic (exact) mass is 358 g/mol. The summed E-state index contributed by atoms with van der Waals surface area (Å²) < 4.78 is 17.2. The van der Waals surface area contributed by atoms with E-state index in [1.807, 2.05) is 67.6 Å². The molecule has 27 heavy (non-hydrogen) atoms. The Morgan fingerprint density at radius 1 is 0.889 bits per heavy atom. The van der Waals surface area contributed by atoms with Crippen molar-refractivity contribution in [2.75, 3.05) is 6.79 Å². The van der Waals surface area contributed by atoms with Gasteiger partial charge in [-0.3, -0.25) is 4.79 Å². The highest BCUT2D eigenvalue weighted by Crippen LogP contribution is 2.49. The van der Waals surface area contributed by atoms with Gasteiger partial charge in [-0.25, -0.2) is 0 Å². The summed E-state index contributed by atoms with van der Waals surface area (Å²) in [6.07, 6.45) is -0.619. The van der Waals surface area contributed by atoms with E-state index in [-0.39, 0.29) is 18.5 Å². The summed E-state index contributed by atoms with van der Waals surface area (Å²) in [5.74, 6) is 1.81. The number of ketones is 1. The molecule has 2 aliphatic heterocycles. The van der Waals surface area contributed by atoms with E-state index in [4.69, 9.17) is 14.2 Å². The van der Waals surface area contributed by atoms with Crippen molar-refractivity contribution < 1.29 is 19.0 Å². The molecule has 0 aliphatic carbocycles. The van der Waals surface area contributed by atoms with E-state index in [0.29, 0.717) is 22.8 Å². The van der Waals surface area contributed by atoms with Crippen LogP contribution in [0.15, 0.2) is 66.7 Å². The summed E-state index contributed by atoms with van der Waals surface area (Å²) in [5.41, 5.74) is 3.81. The van der Waals surface area contributed by atoms with Crippen molar-refractivity contribution in [3.63, 3.8) is 0 Å². The SMILES string of the molecule is Cc1cccc([C@@H]2c3cc4c(cc3O[C@H]2C(=O)c2ccccc2)OCO4)c1. The first kappa shape index (κ1) is 15.9. The number of fused-ring (bicyclic) bond motifs is 2. The number of ether oxygens (including phenoxy) is 3. The summed E-state index contributed by atoms with van der Waals surface area (Å²) in [5, 5.41) is 0. The van der Waals surface area contributed by atoms with Crippen molar-refractivity contribution in [3.05, 3.63) is 89.0 Å². The summed E-state index contributed by atoms with van der Waals surface area (Å²) >= 11 is 0. The van der Waals surface area contributed by atoms with E-state index in [0.717, 1.165) is 16.7 Å². The van der Waals surface area contributed by atoms with Gasteiger partial charge < -0.3 is 14.2 Å². The quantitative estimate of drug-likeness (QED) is 0.647. The highest BCUT2D eigenvalue weighted by Gasteiger charge is 2.42. The van der Waals surface area contributed by atoms with Crippen LogP contribution >= 0.6 is 0 Å². The van der Waals surface area contributed by atoms with E-state index >= 15 is 0 Å². The molecule has 4 heteroatoms. The van der Waals surface area contributed by atoms with Crippen LogP contribution < -0.4 is 14.2 Å². The number of benzene rings is 3. The van der Waals surface area contributed by atoms with Gasteiger partial charge in [0.1, 0.15) is 5.75 Å². The molecule has 4 nitrogen and oxygen atoms in total. The Balaban J connectivity index is 1.63. The maximum absolute atomic E-state index is 13.3. The first-order valence-electron chi connectivity index (χ1n) is 8.97. The highest BCUT2D eigenvalue weighted by atomic mass is 16.7. The molecule has 5 rings (SSSR count). The second-order valence-corrected chi connectivity index (χ2v) is 6.90. The van der Waals surface area contributed by atoms with Crippen LogP contribution in [0.4, 0.5) is 0 Å². The van der Waals surface area contributed by atoms with Crippen LogP contribution in [0.1, 0.15) is 33.0 Å². The van der Waals surface area contributed by atoms with Gasteiger partial charge in [-0.05, 0) is 18.6 Å². The lowest BCUT2D eigenvalue weighted by Crippen LogP contribution is -2.30. The average molecular weight is 358 g/mol. The fourth-order valence-corrected chi connectivity index (χ4v) is 3.84. The topological polar surface area (TPSA) is 44.8 Å². The number of carbonyl (C=O) groups is 1. The van der Waals surface area contributed by atoms with Crippen molar-refractivity contribution in [2.45, 2.75) is 18.9 Å². The van der Waals surface area contributed by atoms with Gasteiger partial charge in [0.2, 0.25) is 12.6 Å². The van der Waals surface area contributed by atoms with Crippen LogP contribution in [0.25, 0.3) is 0 Å². The summed E-state index contributed by atoms with van der Waals surface area (Å²) in [7, 11) is 0. The molecule has 0 N–H and O–H groups in total. The molecule has 134 valence electrons. The Kier molecular flexibility index (Phi) is 3.64. The lowest BCUT2D eigenvalue weighted by Gasteiger charge is -2.19. The minimum Gasteiger partial charge on any atom is -0.481 e. The Morgan fingerprint density at radius 2 is 1.67 bits per heavy atom. The number of carbonyl (C=O) groups excluding carboxylic acids is 1. The molecule has 0 saturated carbocycles. The minimum absolute atomic E-state index is 0.0275. The van der Waals surface area contributed by atoms with E-state index in [2.05, 4.69) is 6.07 Å². The molecule has 0 radical (unpaired) electrons. The van der Waals surface area contributed by atoms with Gasteiger partial charge >= 0.3 is 0 Å². The summed E-state index contributed by atoms with van der Waals surface area (Å²) in [6.45, 7) is 2.26. The molecule has 0 unspecified atom stereocenters. The van der Waals surface area contributed by atoms with E-state index < -0.39 is 6.10 Å². The van der Waals surface area contributed by atoms with E-state index in [9.17, 15) is 4.79 Å². The number of Topliss-reactive ketones (excluding diaryl/α,β-unsaturated/α-hetero) is 1. The molecule has 3 aromatic carbocycles. The van der Waals surface area contributed by atoms with Crippen LogP contribution in [0.5, 0.6) is 17.2 Å². The van der Waals surface area contributed by atoms with Crippen molar-refractivity contribution in [2.24, 2.45) is 0 Å². The predicted molar refractivity (Wildman–Crippen MR) is 101 cm³/mol. The van der Waals surface area contributed by atoms with Crippen LogP contribution in [0.2, 0.25) is 0 Å². The number of aryl methyl sites for hydroxylation is 1. The van der Waals surface area contributed by atoms with Crippen LogP contribution in [0.3, 0.4) is 0 Å². The Labute approximate surface area is 157 Å². The zero-order valence-corrected chi connectivity index (χ0v) is 14.8. The van der Waals surface area contributed by atoms with Crippen molar-refractivity contribution >= 4 is 5.78 Å². The highest BCUT2D eigenvalue weighted by molar-refractivity contribution is 6.01. The molecule has 0 fully saturated rings.